The smallest absolute Gasteiger partial charge is 0.342 e. The van der Waals surface area contributed by atoms with Gasteiger partial charge >= 0.3 is 5.97 Å². The number of aromatic hydroxyl groups is 1. The standard InChI is InChI=1S/C17H21N3O4/c1-9-6-7-13(14(21)8-9)17(23)24-12(4)16(22)18-15-10(2)19-20(5)11(15)3/h6-8,12,21H,1-5H3,(H,18,22)/t12-/m0/s1. The van der Waals surface area contributed by atoms with Gasteiger partial charge in [-0.25, -0.2) is 4.79 Å². The molecule has 2 aromatic rings. The van der Waals surface area contributed by atoms with Gasteiger partial charge in [0.15, 0.2) is 6.10 Å². The summed E-state index contributed by atoms with van der Waals surface area (Å²) in [6, 6.07) is 4.61. The topological polar surface area (TPSA) is 93.5 Å². The number of anilines is 1. The number of nitrogens with one attached hydrogen (secondary N) is 1. The van der Waals surface area contributed by atoms with E-state index in [1.54, 1.807) is 31.6 Å². The highest BCUT2D eigenvalue weighted by Crippen LogP contribution is 2.21. The Morgan fingerprint density at radius 2 is 1.96 bits per heavy atom. The molecule has 0 saturated carbocycles. The average molecular weight is 331 g/mol. The van der Waals surface area contributed by atoms with Crippen molar-refractivity contribution in [2.75, 3.05) is 5.32 Å². The van der Waals surface area contributed by atoms with Crippen LogP contribution in [0.15, 0.2) is 18.2 Å². The lowest BCUT2D eigenvalue weighted by molar-refractivity contribution is -0.123. The summed E-state index contributed by atoms with van der Waals surface area (Å²) >= 11 is 0. The minimum Gasteiger partial charge on any atom is -0.507 e. The van der Waals surface area contributed by atoms with Crippen LogP contribution >= 0.6 is 0 Å². The van der Waals surface area contributed by atoms with Crippen LogP contribution in [0.2, 0.25) is 0 Å². The highest BCUT2D eigenvalue weighted by Gasteiger charge is 2.22. The van der Waals surface area contributed by atoms with Crippen LogP contribution in [-0.2, 0) is 16.6 Å². The largest absolute Gasteiger partial charge is 0.507 e. The zero-order chi connectivity index (χ0) is 18.0. The third-order valence-corrected chi connectivity index (χ3v) is 3.78. The quantitative estimate of drug-likeness (QED) is 0.838. The van der Waals surface area contributed by atoms with E-state index in [9.17, 15) is 14.7 Å². The minimum atomic E-state index is -1.02. The van der Waals surface area contributed by atoms with Gasteiger partial charge in [-0.1, -0.05) is 6.07 Å². The first kappa shape index (κ1) is 17.5. The van der Waals surface area contributed by atoms with E-state index in [4.69, 9.17) is 4.74 Å². The average Bonchev–Trinajstić information content (AvgIpc) is 2.73. The van der Waals surface area contributed by atoms with Crippen molar-refractivity contribution in [1.82, 2.24) is 9.78 Å². The van der Waals surface area contributed by atoms with Gasteiger partial charge < -0.3 is 15.2 Å². The zero-order valence-corrected chi connectivity index (χ0v) is 14.4. The van der Waals surface area contributed by atoms with Crippen molar-refractivity contribution in [3.63, 3.8) is 0 Å². The molecule has 1 aromatic carbocycles. The van der Waals surface area contributed by atoms with Crippen molar-refractivity contribution in [3.05, 3.63) is 40.7 Å². The van der Waals surface area contributed by atoms with Crippen molar-refractivity contribution < 1.29 is 19.4 Å². The first-order valence-corrected chi connectivity index (χ1v) is 7.52. The number of benzene rings is 1. The summed E-state index contributed by atoms with van der Waals surface area (Å²) in [5, 5.41) is 16.7. The molecule has 2 rings (SSSR count). The Morgan fingerprint density at radius 1 is 1.29 bits per heavy atom. The number of aryl methyl sites for hydroxylation is 3. The first-order chi connectivity index (χ1) is 11.2. The van der Waals surface area contributed by atoms with Crippen molar-refractivity contribution in [1.29, 1.82) is 0 Å². The second-order valence-electron chi connectivity index (χ2n) is 5.73. The third-order valence-electron chi connectivity index (χ3n) is 3.78. The molecular weight excluding hydrogens is 310 g/mol. The lowest BCUT2D eigenvalue weighted by Gasteiger charge is -2.14. The number of phenolic OH excluding ortho intramolecular Hbond substituents is 1. The van der Waals surface area contributed by atoms with E-state index in [-0.39, 0.29) is 11.3 Å². The van der Waals surface area contributed by atoms with E-state index in [1.165, 1.54) is 19.1 Å². The molecule has 1 atom stereocenters. The van der Waals surface area contributed by atoms with Crippen LogP contribution in [0.1, 0.15) is 34.2 Å². The van der Waals surface area contributed by atoms with Gasteiger partial charge in [-0.15, -0.1) is 0 Å². The maximum absolute atomic E-state index is 12.2. The molecule has 1 aromatic heterocycles. The number of ether oxygens (including phenoxy) is 1. The Morgan fingerprint density at radius 3 is 2.50 bits per heavy atom. The van der Waals surface area contributed by atoms with Crippen LogP contribution in [0.4, 0.5) is 5.69 Å². The van der Waals surface area contributed by atoms with Crippen molar-refractivity contribution in [2.45, 2.75) is 33.8 Å². The van der Waals surface area contributed by atoms with Crippen molar-refractivity contribution in [3.8, 4) is 5.75 Å². The molecule has 0 fully saturated rings. The summed E-state index contributed by atoms with van der Waals surface area (Å²) in [6.45, 7) is 6.88. The van der Waals surface area contributed by atoms with Gasteiger partial charge in [-0.05, 0) is 45.4 Å². The fourth-order valence-corrected chi connectivity index (χ4v) is 2.27. The second kappa shape index (κ2) is 6.74. The molecular formula is C17H21N3O4. The summed E-state index contributed by atoms with van der Waals surface area (Å²) in [4.78, 5) is 24.3. The predicted molar refractivity (Wildman–Crippen MR) is 89.0 cm³/mol. The summed E-state index contributed by atoms with van der Waals surface area (Å²) < 4.78 is 6.80. The predicted octanol–water partition coefficient (Wildman–Crippen LogP) is 2.23. The molecule has 0 unspecified atom stereocenters. The number of amides is 1. The van der Waals surface area contributed by atoms with Crippen molar-refractivity contribution >= 4 is 17.6 Å². The van der Waals surface area contributed by atoms with Crippen LogP contribution in [-0.4, -0.2) is 32.9 Å². The molecule has 0 aliphatic rings. The monoisotopic (exact) mass is 331 g/mol. The van der Waals surface area contributed by atoms with Gasteiger partial charge in [-0.3, -0.25) is 9.48 Å². The second-order valence-corrected chi connectivity index (χ2v) is 5.73. The Hall–Kier alpha value is -2.83. The van der Waals surface area contributed by atoms with Gasteiger partial charge in [0.2, 0.25) is 0 Å². The Balaban J connectivity index is 2.07. The number of rotatable bonds is 4. The van der Waals surface area contributed by atoms with Crippen LogP contribution in [0.25, 0.3) is 0 Å². The fraction of sp³-hybridized carbons (Fsp3) is 0.353. The van der Waals surface area contributed by atoms with Gasteiger partial charge in [0, 0.05) is 7.05 Å². The first-order valence-electron chi connectivity index (χ1n) is 7.52. The van der Waals surface area contributed by atoms with Crippen LogP contribution in [0.3, 0.4) is 0 Å². The Kier molecular flexibility index (Phi) is 4.92. The summed E-state index contributed by atoms with van der Waals surface area (Å²) in [7, 11) is 1.78. The van der Waals surface area contributed by atoms with Gasteiger partial charge in [0.05, 0.1) is 17.1 Å². The normalized spacial score (nSPS) is 11.9. The number of esters is 1. The zero-order valence-electron chi connectivity index (χ0n) is 14.4. The Bertz CT molecular complexity index is 795. The van der Waals surface area contributed by atoms with E-state index in [2.05, 4.69) is 10.4 Å². The number of carbonyl (C=O) groups is 2. The summed E-state index contributed by atoms with van der Waals surface area (Å²) in [6.07, 6.45) is -1.02. The van der Waals surface area contributed by atoms with E-state index in [1.807, 2.05) is 6.92 Å². The minimum absolute atomic E-state index is 0.0222. The van der Waals surface area contributed by atoms with Crippen LogP contribution < -0.4 is 5.32 Å². The van der Waals surface area contributed by atoms with Crippen LogP contribution in [0, 0.1) is 20.8 Å². The summed E-state index contributed by atoms with van der Waals surface area (Å²) in [5.41, 5.74) is 2.92. The molecule has 0 bridgehead atoms. The highest BCUT2D eigenvalue weighted by molar-refractivity contribution is 5.98. The molecule has 7 nitrogen and oxygen atoms in total. The molecule has 128 valence electrons. The molecule has 7 heteroatoms. The fourth-order valence-electron chi connectivity index (χ4n) is 2.27. The Labute approximate surface area is 140 Å². The lowest BCUT2D eigenvalue weighted by Crippen LogP contribution is -2.30. The van der Waals surface area contributed by atoms with E-state index < -0.39 is 18.0 Å². The lowest BCUT2D eigenvalue weighted by atomic mass is 10.1. The SMILES string of the molecule is Cc1ccc(C(=O)O[C@@H](C)C(=O)Nc2c(C)nn(C)c2C)c(O)c1. The molecule has 0 spiro atoms. The number of hydrogen-bond acceptors (Lipinski definition) is 5. The van der Waals surface area contributed by atoms with Crippen LogP contribution in [0.5, 0.6) is 5.75 Å². The number of hydrogen-bond donors (Lipinski definition) is 2. The molecule has 0 radical (unpaired) electrons. The molecule has 0 aliphatic heterocycles. The van der Waals surface area contributed by atoms with Gasteiger partial charge in [0.25, 0.3) is 5.91 Å². The molecule has 1 amide bonds. The summed E-state index contributed by atoms with van der Waals surface area (Å²) in [5.74, 6) is -1.39. The molecule has 0 saturated heterocycles. The molecule has 2 N–H and O–H groups in total. The van der Waals surface area contributed by atoms with E-state index in [0.29, 0.717) is 11.4 Å². The van der Waals surface area contributed by atoms with E-state index in [0.717, 1.165) is 11.3 Å². The highest BCUT2D eigenvalue weighted by atomic mass is 16.5. The third kappa shape index (κ3) is 3.56. The van der Waals surface area contributed by atoms with E-state index >= 15 is 0 Å². The molecule has 0 aliphatic carbocycles. The maximum atomic E-state index is 12.2. The number of phenols is 1. The molecule has 1 heterocycles. The maximum Gasteiger partial charge on any atom is 0.342 e. The number of aromatic nitrogens is 2. The van der Waals surface area contributed by atoms with Gasteiger partial charge in [0.1, 0.15) is 11.3 Å². The molecule has 24 heavy (non-hydrogen) atoms. The number of nitrogens with zero attached hydrogens (tertiary/aromatic N) is 2. The number of carbonyl (C=O) groups excluding carboxylic acids is 2. The van der Waals surface area contributed by atoms with Crippen molar-refractivity contribution in [2.24, 2.45) is 7.05 Å². The van der Waals surface area contributed by atoms with Gasteiger partial charge in [-0.2, -0.15) is 5.10 Å².